The fraction of sp³-hybridized carbons (Fsp3) is 0.632. The Hall–Kier alpha value is -2.11. The molecule has 2 atom stereocenters. The number of nitrogens with zero attached hydrogens (tertiary/aromatic N) is 3. The summed E-state index contributed by atoms with van der Waals surface area (Å²) in [5, 5.41) is 9.69. The number of hydrogen-bond donors (Lipinski definition) is 1. The first-order valence-electron chi connectivity index (χ1n) is 8.96. The third kappa shape index (κ3) is 3.34. The number of aromatic nitrogens is 1. The normalized spacial score (nSPS) is 25.8. The van der Waals surface area contributed by atoms with Crippen molar-refractivity contribution in [1.82, 2.24) is 9.88 Å². The van der Waals surface area contributed by atoms with Gasteiger partial charge in [-0.05, 0) is 65.5 Å². The van der Waals surface area contributed by atoms with Crippen LogP contribution in [0.3, 0.4) is 0 Å². The summed E-state index contributed by atoms with van der Waals surface area (Å²) < 4.78 is 0. The Morgan fingerprint density at radius 1 is 1.20 bits per heavy atom. The van der Waals surface area contributed by atoms with Gasteiger partial charge in [0.15, 0.2) is 5.78 Å². The molecule has 2 aliphatic heterocycles. The topological polar surface area (TPSA) is 73.7 Å². The van der Waals surface area contributed by atoms with Crippen LogP contribution in [-0.4, -0.2) is 50.5 Å². The van der Waals surface area contributed by atoms with Gasteiger partial charge >= 0.3 is 6.09 Å². The molecule has 2 saturated heterocycles. The number of ketones is 1. The Balaban J connectivity index is 1.80. The van der Waals surface area contributed by atoms with E-state index in [0.29, 0.717) is 17.6 Å². The van der Waals surface area contributed by atoms with Crippen molar-refractivity contribution in [1.29, 1.82) is 0 Å². The molecular weight excluding hydrogens is 318 g/mol. The fourth-order valence-corrected chi connectivity index (χ4v) is 4.47. The van der Waals surface area contributed by atoms with Crippen LogP contribution in [0, 0.1) is 0 Å². The van der Waals surface area contributed by atoms with E-state index in [1.807, 2.05) is 32.9 Å². The lowest BCUT2D eigenvalue weighted by Gasteiger charge is -2.47. The van der Waals surface area contributed by atoms with Crippen LogP contribution in [0.4, 0.5) is 10.6 Å². The highest BCUT2D eigenvalue weighted by Gasteiger charge is 2.46. The summed E-state index contributed by atoms with van der Waals surface area (Å²) in [7, 11) is 0. The van der Waals surface area contributed by atoms with Crippen LogP contribution in [0.5, 0.6) is 0 Å². The first-order chi connectivity index (χ1) is 11.7. The molecule has 0 radical (unpaired) electrons. The average molecular weight is 345 g/mol. The van der Waals surface area contributed by atoms with Gasteiger partial charge in [0.25, 0.3) is 0 Å². The summed E-state index contributed by atoms with van der Waals surface area (Å²) in [6.45, 7) is 7.41. The number of fused-ring (bicyclic) bond motifs is 2. The average Bonchev–Trinajstić information content (AvgIpc) is 2.76. The minimum Gasteiger partial charge on any atom is -0.465 e. The van der Waals surface area contributed by atoms with E-state index < -0.39 is 11.6 Å². The highest BCUT2D eigenvalue weighted by molar-refractivity contribution is 5.93. The molecule has 0 aliphatic carbocycles. The number of carboxylic acid groups (broad SMARTS) is 1. The van der Waals surface area contributed by atoms with E-state index in [1.165, 1.54) is 0 Å². The van der Waals surface area contributed by atoms with Gasteiger partial charge in [-0.15, -0.1) is 0 Å². The predicted molar refractivity (Wildman–Crippen MR) is 96.2 cm³/mol. The molecule has 0 aromatic carbocycles. The van der Waals surface area contributed by atoms with E-state index in [9.17, 15) is 14.7 Å². The summed E-state index contributed by atoms with van der Waals surface area (Å²) in [4.78, 5) is 31.7. The van der Waals surface area contributed by atoms with E-state index in [1.54, 1.807) is 18.0 Å². The van der Waals surface area contributed by atoms with Crippen LogP contribution in [0.15, 0.2) is 18.3 Å². The molecule has 6 nitrogen and oxygen atoms in total. The Morgan fingerprint density at radius 2 is 1.80 bits per heavy atom. The van der Waals surface area contributed by atoms with Crippen molar-refractivity contribution in [2.75, 3.05) is 4.90 Å². The molecule has 3 rings (SSSR count). The van der Waals surface area contributed by atoms with Crippen LogP contribution >= 0.6 is 0 Å². The molecule has 2 bridgehead atoms. The highest BCUT2D eigenvalue weighted by Crippen LogP contribution is 2.41. The second-order valence-electron chi connectivity index (χ2n) is 8.20. The van der Waals surface area contributed by atoms with Crippen molar-refractivity contribution in [2.45, 2.75) is 77.0 Å². The van der Waals surface area contributed by atoms with Gasteiger partial charge in [-0.25, -0.2) is 9.78 Å². The number of rotatable bonds is 3. The Morgan fingerprint density at radius 3 is 2.20 bits per heavy atom. The molecule has 1 aromatic heterocycles. The number of piperidine rings is 1. The van der Waals surface area contributed by atoms with E-state index in [0.717, 1.165) is 31.5 Å². The maximum atomic E-state index is 11.8. The van der Waals surface area contributed by atoms with Crippen molar-refractivity contribution in [2.24, 2.45) is 0 Å². The molecule has 2 aliphatic rings. The van der Waals surface area contributed by atoms with Gasteiger partial charge in [0, 0.05) is 35.4 Å². The first-order valence-corrected chi connectivity index (χ1v) is 8.96. The molecule has 3 heterocycles. The molecule has 136 valence electrons. The van der Waals surface area contributed by atoms with Crippen LogP contribution < -0.4 is 4.90 Å². The van der Waals surface area contributed by atoms with Crippen molar-refractivity contribution in [3.05, 3.63) is 23.9 Å². The minimum absolute atomic E-state index is 0.0167. The third-order valence-corrected chi connectivity index (χ3v) is 5.42. The molecule has 0 saturated carbocycles. The SMILES string of the molecule is CC(=O)c1ccc(N2C3CCC2CC(N(C(=O)O)C(C)(C)C)C3)nc1. The van der Waals surface area contributed by atoms with E-state index in [-0.39, 0.29) is 11.8 Å². The predicted octanol–water partition coefficient (Wildman–Crippen LogP) is 3.56. The lowest BCUT2D eigenvalue weighted by molar-refractivity contribution is 0.0558. The van der Waals surface area contributed by atoms with E-state index in [2.05, 4.69) is 9.88 Å². The monoisotopic (exact) mass is 345 g/mol. The summed E-state index contributed by atoms with van der Waals surface area (Å²) in [5.74, 6) is 0.914. The number of carbonyl (C=O) groups is 2. The Kier molecular flexibility index (Phi) is 4.47. The number of pyridine rings is 1. The number of Topliss-reactive ketones (excluding diaryl/α,β-unsaturated/α-hetero) is 1. The van der Waals surface area contributed by atoms with Crippen LogP contribution in [0.2, 0.25) is 0 Å². The number of hydrogen-bond acceptors (Lipinski definition) is 4. The number of amides is 1. The molecule has 1 amide bonds. The molecule has 1 N–H and O–H groups in total. The zero-order chi connectivity index (χ0) is 18.4. The summed E-state index contributed by atoms with van der Waals surface area (Å²) in [6.07, 6.45) is 4.59. The zero-order valence-corrected chi connectivity index (χ0v) is 15.4. The van der Waals surface area contributed by atoms with Crippen LogP contribution in [0.25, 0.3) is 0 Å². The molecule has 2 fully saturated rings. The maximum Gasteiger partial charge on any atom is 0.407 e. The second-order valence-corrected chi connectivity index (χ2v) is 8.20. The van der Waals surface area contributed by atoms with Gasteiger partial charge in [0.05, 0.1) is 0 Å². The summed E-state index contributed by atoms with van der Waals surface area (Å²) in [6, 6.07) is 4.41. The van der Waals surface area contributed by atoms with Crippen molar-refractivity contribution >= 4 is 17.7 Å². The lowest BCUT2D eigenvalue weighted by Crippen LogP contribution is -2.57. The van der Waals surface area contributed by atoms with Crippen LogP contribution in [-0.2, 0) is 0 Å². The lowest BCUT2D eigenvalue weighted by atomic mass is 9.92. The number of carbonyl (C=O) groups excluding carboxylic acids is 1. The first kappa shape index (κ1) is 17.7. The smallest absolute Gasteiger partial charge is 0.407 e. The van der Waals surface area contributed by atoms with Crippen molar-refractivity contribution in [3.63, 3.8) is 0 Å². The molecule has 1 aromatic rings. The highest BCUT2D eigenvalue weighted by atomic mass is 16.4. The zero-order valence-electron chi connectivity index (χ0n) is 15.4. The van der Waals surface area contributed by atoms with Gasteiger partial charge in [-0.2, -0.15) is 0 Å². The largest absolute Gasteiger partial charge is 0.465 e. The van der Waals surface area contributed by atoms with E-state index >= 15 is 0 Å². The maximum absolute atomic E-state index is 11.8. The Bertz CT molecular complexity index is 651. The van der Waals surface area contributed by atoms with Gasteiger partial charge in [-0.3, -0.25) is 4.79 Å². The fourth-order valence-electron chi connectivity index (χ4n) is 4.47. The molecule has 25 heavy (non-hydrogen) atoms. The minimum atomic E-state index is -0.839. The molecule has 2 unspecified atom stereocenters. The van der Waals surface area contributed by atoms with Gasteiger partial charge < -0.3 is 14.9 Å². The Labute approximate surface area is 148 Å². The quantitative estimate of drug-likeness (QED) is 0.848. The third-order valence-electron chi connectivity index (χ3n) is 5.42. The van der Waals surface area contributed by atoms with Crippen LogP contribution in [0.1, 0.15) is 63.7 Å². The van der Waals surface area contributed by atoms with E-state index in [4.69, 9.17) is 0 Å². The van der Waals surface area contributed by atoms with Gasteiger partial charge in [0.2, 0.25) is 0 Å². The van der Waals surface area contributed by atoms with Gasteiger partial charge in [0.1, 0.15) is 5.82 Å². The molecular formula is C19H27N3O3. The van der Waals surface area contributed by atoms with Crippen molar-refractivity contribution < 1.29 is 14.7 Å². The number of anilines is 1. The second kappa shape index (κ2) is 6.32. The summed E-state index contributed by atoms with van der Waals surface area (Å²) in [5.41, 5.74) is 0.218. The molecule has 0 spiro atoms. The standard InChI is InChI=1S/C19H27N3O3/c1-12(23)13-5-8-17(20-11-13)21-14-6-7-15(21)10-16(9-14)22(18(24)25)19(2,3)4/h5,8,11,14-16H,6-7,9-10H2,1-4H3,(H,24,25). The molecule has 6 heteroatoms. The summed E-state index contributed by atoms with van der Waals surface area (Å²) >= 11 is 0. The van der Waals surface area contributed by atoms with Crippen molar-refractivity contribution in [3.8, 4) is 0 Å². The van der Waals surface area contributed by atoms with Gasteiger partial charge in [-0.1, -0.05) is 0 Å².